The summed E-state index contributed by atoms with van der Waals surface area (Å²) >= 11 is 0. The van der Waals surface area contributed by atoms with Gasteiger partial charge >= 0.3 is 5.97 Å². The molecule has 11 heteroatoms. The summed E-state index contributed by atoms with van der Waals surface area (Å²) in [6.45, 7) is 18.4. The van der Waals surface area contributed by atoms with Crippen molar-refractivity contribution in [3.8, 4) is 0 Å². The van der Waals surface area contributed by atoms with Crippen LogP contribution in [-0.2, 0) is 38.0 Å². The lowest BCUT2D eigenvalue weighted by molar-refractivity contribution is -0.353. The van der Waals surface area contributed by atoms with Gasteiger partial charge in [0, 0.05) is 37.7 Å². The van der Waals surface area contributed by atoms with E-state index in [0.717, 1.165) is 51.4 Å². The summed E-state index contributed by atoms with van der Waals surface area (Å²) in [6, 6.07) is 0. The molecule has 6 aliphatic heterocycles. The highest BCUT2D eigenvalue weighted by Gasteiger charge is 2.65. The molecule has 51 heavy (non-hydrogen) atoms. The first kappa shape index (κ1) is 39.8. The number of hydrogen-bond acceptors (Lipinski definition) is 10. The van der Waals surface area contributed by atoms with Crippen LogP contribution in [0.1, 0.15) is 120 Å². The Morgan fingerprint density at radius 2 is 1.59 bits per heavy atom. The number of aliphatic carboxylic acids is 1. The van der Waals surface area contributed by atoms with E-state index in [0.29, 0.717) is 6.42 Å². The standard InChI is InChI=1S/C40H68O11/c1-21-11-12-28(46-33(21)26(6)36(42)43)17-29-18-30(45-10)27(7)40(48-29)25(5)19-38(9,51-40)32-13-14-37(8,49-32)35-23(3)16-31(47-35)34-22(2)15-24(4)39(44,20-41)50-34/h21-35,41,44H,11-20H2,1-10H3,(H,42,43)/t21-,22-,23-,24+,25+,26+,27-,28+,29+,30+,31+,32+,33+,34-,35+,37-,38-,39-,40+/m0/s1. The zero-order chi connectivity index (χ0) is 37.3. The normalized spacial score (nSPS) is 54.2. The highest BCUT2D eigenvalue weighted by atomic mass is 16.7. The summed E-state index contributed by atoms with van der Waals surface area (Å²) in [6.07, 6.45) is 5.85. The van der Waals surface area contributed by atoms with Gasteiger partial charge in [0.25, 0.3) is 0 Å². The lowest BCUT2D eigenvalue weighted by Crippen LogP contribution is -2.58. The second-order valence-electron chi connectivity index (χ2n) is 18.4. The molecular formula is C40H68O11. The van der Waals surface area contributed by atoms with E-state index in [-0.39, 0.29) is 84.3 Å². The van der Waals surface area contributed by atoms with Crippen LogP contribution in [0.2, 0.25) is 0 Å². The van der Waals surface area contributed by atoms with Crippen LogP contribution in [0.15, 0.2) is 0 Å². The SMILES string of the molecule is CO[C@@H]1C[C@@H](C[C@H]2CC[C@H](C)[C@H]([C@@H](C)C(=O)O)O2)O[C@]2(O[C@](C)([C@H]3CC[C@@](C)([C@@H]4O[C@@H]([C@H]5O[C@@](O)(CO)[C@H](C)C[C@@H]5C)C[C@@H]4C)O3)C[C@H]2C)[C@H]1C. The number of ether oxygens (including phenoxy) is 7. The van der Waals surface area contributed by atoms with E-state index in [1.807, 2.05) is 6.92 Å². The quantitative estimate of drug-likeness (QED) is 0.269. The van der Waals surface area contributed by atoms with Gasteiger partial charge in [0.15, 0.2) is 11.6 Å². The molecule has 0 bridgehead atoms. The molecule has 3 N–H and O–H groups in total. The number of carbonyl (C=O) groups is 1. The summed E-state index contributed by atoms with van der Waals surface area (Å²) in [5, 5.41) is 30.7. The van der Waals surface area contributed by atoms with Crippen molar-refractivity contribution in [2.24, 2.45) is 41.4 Å². The number of carboxylic acids is 1. The number of aliphatic hydroxyl groups is 2. The third kappa shape index (κ3) is 7.19. The average Bonchev–Trinajstić information content (AvgIpc) is 3.75. The van der Waals surface area contributed by atoms with E-state index in [1.54, 1.807) is 14.0 Å². The highest BCUT2D eigenvalue weighted by Crippen LogP contribution is 2.57. The summed E-state index contributed by atoms with van der Waals surface area (Å²) in [5.41, 5.74) is -1.10. The zero-order valence-corrected chi connectivity index (χ0v) is 32.8. The molecule has 6 aliphatic rings. The van der Waals surface area contributed by atoms with E-state index in [4.69, 9.17) is 33.2 Å². The van der Waals surface area contributed by atoms with Crippen molar-refractivity contribution in [3.05, 3.63) is 0 Å². The summed E-state index contributed by atoms with van der Waals surface area (Å²) in [7, 11) is 1.77. The maximum Gasteiger partial charge on any atom is 0.308 e. The van der Waals surface area contributed by atoms with Crippen LogP contribution in [0.5, 0.6) is 0 Å². The maximum atomic E-state index is 11.8. The minimum absolute atomic E-state index is 0.00727. The Balaban J connectivity index is 1.13. The largest absolute Gasteiger partial charge is 0.481 e. The molecule has 0 saturated carbocycles. The number of carboxylic acid groups (broad SMARTS) is 1. The molecule has 6 fully saturated rings. The second-order valence-corrected chi connectivity index (χ2v) is 18.4. The Hall–Kier alpha value is -0.890. The highest BCUT2D eigenvalue weighted by molar-refractivity contribution is 5.70. The predicted octanol–water partition coefficient (Wildman–Crippen LogP) is 5.71. The van der Waals surface area contributed by atoms with Crippen LogP contribution in [0, 0.1) is 41.4 Å². The lowest BCUT2D eigenvalue weighted by Gasteiger charge is -2.50. The van der Waals surface area contributed by atoms with Crippen LogP contribution < -0.4 is 0 Å². The fourth-order valence-corrected chi connectivity index (χ4v) is 11.3. The molecular weight excluding hydrogens is 656 g/mol. The van der Waals surface area contributed by atoms with Crippen LogP contribution in [-0.4, -0.2) is 107 Å². The summed E-state index contributed by atoms with van der Waals surface area (Å²) in [5.74, 6) is -3.26. The van der Waals surface area contributed by atoms with E-state index < -0.39 is 41.3 Å². The Bertz CT molecular complexity index is 1230. The van der Waals surface area contributed by atoms with E-state index in [1.165, 1.54) is 0 Å². The van der Waals surface area contributed by atoms with Gasteiger partial charge in [-0.1, -0.05) is 41.5 Å². The van der Waals surface area contributed by atoms with Gasteiger partial charge in [0.2, 0.25) is 0 Å². The van der Waals surface area contributed by atoms with Crippen molar-refractivity contribution >= 4 is 5.97 Å². The predicted molar refractivity (Wildman–Crippen MR) is 189 cm³/mol. The molecule has 6 rings (SSSR count). The third-order valence-corrected chi connectivity index (χ3v) is 14.4. The Morgan fingerprint density at radius 1 is 0.863 bits per heavy atom. The molecule has 1 spiro atoms. The van der Waals surface area contributed by atoms with Crippen LogP contribution in [0.25, 0.3) is 0 Å². The summed E-state index contributed by atoms with van der Waals surface area (Å²) in [4.78, 5) is 11.8. The molecule has 11 nitrogen and oxygen atoms in total. The van der Waals surface area contributed by atoms with E-state index in [9.17, 15) is 20.1 Å². The monoisotopic (exact) mass is 724 g/mol. The van der Waals surface area contributed by atoms with Gasteiger partial charge in [-0.2, -0.15) is 0 Å². The van der Waals surface area contributed by atoms with Gasteiger partial charge in [0.05, 0.1) is 72.6 Å². The molecule has 0 aromatic heterocycles. The van der Waals surface area contributed by atoms with Crippen molar-refractivity contribution in [2.45, 2.75) is 192 Å². The van der Waals surface area contributed by atoms with Gasteiger partial charge in [-0.05, 0) is 83.5 Å². The van der Waals surface area contributed by atoms with Gasteiger partial charge < -0.3 is 48.5 Å². The molecule has 0 aromatic rings. The van der Waals surface area contributed by atoms with E-state index >= 15 is 0 Å². The van der Waals surface area contributed by atoms with Crippen molar-refractivity contribution in [2.75, 3.05) is 13.7 Å². The third-order valence-electron chi connectivity index (χ3n) is 14.4. The fraction of sp³-hybridized carbons (Fsp3) is 0.975. The van der Waals surface area contributed by atoms with Crippen molar-refractivity contribution < 1.29 is 53.3 Å². The summed E-state index contributed by atoms with van der Waals surface area (Å²) < 4.78 is 47.0. The van der Waals surface area contributed by atoms with Crippen molar-refractivity contribution in [3.63, 3.8) is 0 Å². The van der Waals surface area contributed by atoms with Gasteiger partial charge in [0.1, 0.15) is 0 Å². The van der Waals surface area contributed by atoms with Gasteiger partial charge in [-0.15, -0.1) is 0 Å². The average molecular weight is 725 g/mol. The first-order chi connectivity index (χ1) is 23.9. The minimum Gasteiger partial charge on any atom is -0.481 e. The second kappa shape index (κ2) is 14.6. The van der Waals surface area contributed by atoms with Crippen LogP contribution in [0.4, 0.5) is 0 Å². The van der Waals surface area contributed by atoms with Gasteiger partial charge in [-0.3, -0.25) is 4.79 Å². The number of methoxy groups -OCH3 is 1. The number of aliphatic hydroxyl groups excluding tert-OH is 1. The molecule has 294 valence electrons. The first-order valence-electron chi connectivity index (χ1n) is 20.0. The topological polar surface area (TPSA) is 142 Å². The molecule has 0 aromatic carbocycles. The zero-order valence-electron chi connectivity index (χ0n) is 32.8. The van der Waals surface area contributed by atoms with Crippen molar-refractivity contribution in [1.29, 1.82) is 0 Å². The number of rotatable bonds is 9. The Kier molecular flexibility index (Phi) is 11.4. The molecule has 0 unspecified atom stereocenters. The lowest BCUT2D eigenvalue weighted by atomic mass is 9.78. The maximum absolute atomic E-state index is 11.8. The fourth-order valence-electron chi connectivity index (χ4n) is 11.3. The first-order valence-corrected chi connectivity index (χ1v) is 20.0. The molecule has 6 saturated heterocycles. The smallest absolute Gasteiger partial charge is 0.308 e. The molecule has 19 atom stereocenters. The van der Waals surface area contributed by atoms with Crippen LogP contribution in [0.3, 0.4) is 0 Å². The Morgan fingerprint density at radius 3 is 2.25 bits per heavy atom. The minimum atomic E-state index is -1.55. The molecule has 0 radical (unpaired) electrons. The molecule has 0 amide bonds. The Labute approximate surface area is 305 Å². The van der Waals surface area contributed by atoms with E-state index in [2.05, 4.69) is 48.5 Å². The van der Waals surface area contributed by atoms with Crippen LogP contribution >= 0.6 is 0 Å². The molecule has 0 aliphatic carbocycles. The van der Waals surface area contributed by atoms with Gasteiger partial charge in [-0.25, -0.2) is 0 Å². The number of hydrogen-bond donors (Lipinski definition) is 3. The molecule has 6 heterocycles. The van der Waals surface area contributed by atoms with Crippen molar-refractivity contribution in [1.82, 2.24) is 0 Å².